The summed E-state index contributed by atoms with van der Waals surface area (Å²) in [6.45, 7) is 20.5. The lowest BCUT2D eigenvalue weighted by atomic mass is 9.95. The van der Waals surface area contributed by atoms with Crippen molar-refractivity contribution in [2.45, 2.75) is 239 Å². The summed E-state index contributed by atoms with van der Waals surface area (Å²) in [5.74, 6) is -12.7. The first-order chi connectivity index (χ1) is 46.8. The van der Waals surface area contributed by atoms with Crippen LogP contribution in [0.5, 0.6) is 0 Å². The van der Waals surface area contributed by atoms with Crippen LogP contribution < -0.4 is 105 Å². The average Bonchev–Trinajstić information content (AvgIpc) is 1.62. The zero-order chi connectivity index (χ0) is 76.3. The van der Waals surface area contributed by atoms with Crippen LogP contribution in [0.3, 0.4) is 0 Å². The van der Waals surface area contributed by atoms with Gasteiger partial charge in [-0.05, 0) is 114 Å². The van der Waals surface area contributed by atoms with Crippen LogP contribution >= 0.6 is 0 Å². The fourth-order valence-electron chi connectivity index (χ4n) is 10.5. The van der Waals surface area contributed by atoms with Gasteiger partial charge in [-0.2, -0.15) is 0 Å². The second-order valence-electron chi connectivity index (χ2n) is 26.5. The number of carbonyl (C=O) groups excluding carboxylic acids is 11. The standard InChI is InChI=1S/C63H118N24O13/c1-13-34(9)46(56(96)80-40(22-17-27-75-62(69)70)51(91)83-44(32(5)6)55(95)78-37(12)49(89)81-41(59(99)100)23-18-28-76-63(71)72)86-54(94)43-24-19-29-87(43)58(98)45(33(7)8)84-57(97)47(35(10)14-2)85-52(92)39(21-16-26-74-61(67)68)79-48(88)36(11)77-53(93)42(30-31(3)4)82-50(90)38(64)20-15-25-73-60(65)66/h31-47H,13-30,64H2,1-12H3,(H,77,93)(H,78,95)(H,79,88)(H,80,96)(H,81,89)(H,82,90)(H,83,91)(H,84,97)(H,85,92)(H,86,94)(H,99,100)(H4,65,66,73)(H4,67,68,74)(H4,69,70,75)(H4,71,72,76)/t34-,35-,36-,37-,38-,39-,40-,41-,42-,43-,44-,45-,46-,47-/m0/s1. The molecular weight excluding hydrogens is 1300 g/mol. The number of aliphatic imine (C=N–C) groups is 4. The van der Waals surface area contributed by atoms with E-state index in [9.17, 15) is 62.6 Å². The topological polar surface area (TPSA) is 632 Å². The molecule has 0 unspecified atom stereocenters. The van der Waals surface area contributed by atoms with Crippen LogP contribution in [0.1, 0.15) is 167 Å². The summed E-state index contributed by atoms with van der Waals surface area (Å²) in [6.07, 6.45) is 2.39. The van der Waals surface area contributed by atoms with Crippen LogP contribution in [-0.4, -0.2) is 210 Å². The van der Waals surface area contributed by atoms with E-state index in [1.165, 1.54) is 18.7 Å². The summed E-state index contributed by atoms with van der Waals surface area (Å²) in [5.41, 5.74) is 49.8. The number of rotatable bonds is 46. The fraction of sp³-hybridized carbons (Fsp3) is 0.746. The largest absolute Gasteiger partial charge is 0.480 e. The van der Waals surface area contributed by atoms with E-state index >= 15 is 0 Å². The first-order valence-electron chi connectivity index (χ1n) is 34.3. The number of nitrogens with one attached hydrogen (secondary N) is 10. The second kappa shape index (κ2) is 45.4. The Hall–Kier alpha value is -9.32. The molecule has 11 amide bonds. The number of nitrogens with zero attached hydrogens (tertiary/aromatic N) is 5. The molecule has 100 heavy (non-hydrogen) atoms. The highest BCUT2D eigenvalue weighted by Gasteiger charge is 2.43. The van der Waals surface area contributed by atoms with Crippen LogP contribution in [-0.2, 0) is 57.5 Å². The second-order valence-corrected chi connectivity index (χ2v) is 26.5. The minimum atomic E-state index is -1.36. The predicted molar refractivity (Wildman–Crippen MR) is 379 cm³/mol. The van der Waals surface area contributed by atoms with E-state index in [0.717, 1.165) is 0 Å². The number of guanidine groups is 4. The third-order valence-corrected chi connectivity index (χ3v) is 16.8. The number of carbonyl (C=O) groups is 12. The third kappa shape index (κ3) is 32.6. The molecule has 1 aliphatic heterocycles. The molecule has 14 atom stereocenters. The van der Waals surface area contributed by atoms with E-state index < -0.39 is 167 Å². The quantitative estimate of drug-likeness (QED) is 0.0154. The molecule has 0 radical (unpaired) electrons. The molecule has 37 nitrogen and oxygen atoms in total. The number of nitrogens with two attached hydrogens (primary N) is 9. The number of aliphatic carboxylic acids is 1. The van der Waals surface area contributed by atoms with E-state index in [1.807, 2.05) is 13.8 Å². The Labute approximate surface area is 586 Å². The Bertz CT molecular complexity index is 2840. The molecular formula is C63H118N24O13. The van der Waals surface area contributed by atoms with Crippen LogP contribution in [0.4, 0.5) is 0 Å². The minimum Gasteiger partial charge on any atom is -0.480 e. The highest BCUT2D eigenvalue weighted by molar-refractivity contribution is 6.00. The van der Waals surface area contributed by atoms with Crippen LogP contribution in [0.15, 0.2) is 20.0 Å². The molecule has 1 aliphatic rings. The number of amides is 11. The molecule has 0 spiro atoms. The molecule has 1 rings (SSSR count). The van der Waals surface area contributed by atoms with Gasteiger partial charge in [-0.3, -0.25) is 72.7 Å². The van der Waals surface area contributed by atoms with Crippen molar-refractivity contribution in [1.82, 2.24) is 58.1 Å². The van der Waals surface area contributed by atoms with Crippen LogP contribution in [0, 0.1) is 29.6 Å². The molecule has 1 heterocycles. The summed E-state index contributed by atoms with van der Waals surface area (Å²) in [6, 6.07) is -14.9. The number of likely N-dealkylation sites (tertiary alicyclic amines) is 1. The van der Waals surface area contributed by atoms with E-state index in [4.69, 9.17) is 51.6 Å². The molecule has 29 N–H and O–H groups in total. The highest BCUT2D eigenvalue weighted by atomic mass is 16.4. The predicted octanol–water partition coefficient (Wildman–Crippen LogP) is -5.06. The van der Waals surface area contributed by atoms with Crippen molar-refractivity contribution in [2.75, 3.05) is 32.7 Å². The Morgan fingerprint density at radius 3 is 1.19 bits per heavy atom. The van der Waals surface area contributed by atoms with Gasteiger partial charge in [-0.15, -0.1) is 0 Å². The van der Waals surface area contributed by atoms with Gasteiger partial charge >= 0.3 is 5.97 Å². The van der Waals surface area contributed by atoms with Gasteiger partial charge in [0.05, 0.1) is 6.04 Å². The highest BCUT2D eigenvalue weighted by Crippen LogP contribution is 2.23. The molecule has 0 aromatic carbocycles. The maximum atomic E-state index is 14.8. The van der Waals surface area contributed by atoms with Gasteiger partial charge in [0.2, 0.25) is 65.0 Å². The maximum absolute atomic E-state index is 14.8. The van der Waals surface area contributed by atoms with Gasteiger partial charge in [-0.1, -0.05) is 82.1 Å². The molecule has 1 saturated heterocycles. The zero-order valence-electron chi connectivity index (χ0n) is 60.3. The summed E-state index contributed by atoms with van der Waals surface area (Å²) >= 11 is 0. The normalized spacial score (nSPS) is 16.6. The van der Waals surface area contributed by atoms with Crippen molar-refractivity contribution in [3.63, 3.8) is 0 Å². The van der Waals surface area contributed by atoms with Crippen molar-refractivity contribution in [2.24, 2.45) is 101 Å². The first-order valence-corrected chi connectivity index (χ1v) is 34.3. The molecule has 0 bridgehead atoms. The minimum absolute atomic E-state index is 0.0313. The molecule has 0 aromatic heterocycles. The van der Waals surface area contributed by atoms with Crippen molar-refractivity contribution in [3.05, 3.63) is 0 Å². The van der Waals surface area contributed by atoms with E-state index in [1.54, 1.807) is 55.4 Å². The van der Waals surface area contributed by atoms with Crippen LogP contribution in [0.2, 0.25) is 0 Å². The van der Waals surface area contributed by atoms with Gasteiger partial charge in [0.25, 0.3) is 0 Å². The SMILES string of the molecule is CC[C@H](C)[C@H](NC(=O)[C@H](CCCN=C(N)N)NC(=O)[C@H](C)NC(=O)[C@H](CC(C)C)NC(=O)[C@@H](N)CCCN=C(N)N)C(=O)N[C@H](C(=O)N1CCC[C@H]1C(=O)N[C@H](C(=O)N[C@@H](CCCN=C(N)N)C(=O)N[C@H](C(=O)N[C@@H](C)C(=O)N[C@@H](CCCN=C(N)N)C(=O)O)C(C)C)[C@@H](C)CC)C(C)C. The van der Waals surface area contributed by atoms with Crippen molar-refractivity contribution >= 4 is 94.8 Å². The molecule has 0 aromatic rings. The molecule has 0 saturated carbocycles. The number of carboxylic acid groups (broad SMARTS) is 1. The zero-order valence-corrected chi connectivity index (χ0v) is 60.3. The third-order valence-electron chi connectivity index (χ3n) is 16.8. The average molecular weight is 1420 g/mol. The summed E-state index contributed by atoms with van der Waals surface area (Å²) in [5, 5.41) is 36.4. The lowest BCUT2D eigenvalue weighted by Crippen LogP contribution is -2.62. The van der Waals surface area contributed by atoms with E-state index in [0.29, 0.717) is 25.7 Å². The summed E-state index contributed by atoms with van der Waals surface area (Å²) < 4.78 is 0. The van der Waals surface area contributed by atoms with Gasteiger partial charge in [-0.25, -0.2) is 4.79 Å². The molecule has 37 heteroatoms. The van der Waals surface area contributed by atoms with E-state index in [2.05, 4.69) is 73.1 Å². The smallest absolute Gasteiger partial charge is 0.326 e. The number of hydrogen-bond acceptors (Lipinski definition) is 17. The Balaban J connectivity index is 3.50. The molecule has 0 aliphatic carbocycles. The van der Waals surface area contributed by atoms with Gasteiger partial charge in [0.15, 0.2) is 23.8 Å². The van der Waals surface area contributed by atoms with Crippen LogP contribution in [0.25, 0.3) is 0 Å². The van der Waals surface area contributed by atoms with Crippen molar-refractivity contribution in [1.29, 1.82) is 0 Å². The summed E-state index contributed by atoms with van der Waals surface area (Å²) in [4.78, 5) is 184. The van der Waals surface area contributed by atoms with Gasteiger partial charge in [0, 0.05) is 32.7 Å². The number of carboxylic acids is 1. The fourth-order valence-corrected chi connectivity index (χ4v) is 10.5. The van der Waals surface area contributed by atoms with E-state index in [-0.39, 0.29) is 120 Å². The Morgan fingerprint density at radius 1 is 0.420 bits per heavy atom. The van der Waals surface area contributed by atoms with Gasteiger partial charge < -0.3 is 115 Å². The molecule has 568 valence electrons. The lowest BCUT2D eigenvalue weighted by molar-refractivity contribution is -0.144. The Kier molecular flexibility index (Phi) is 40.2. The Morgan fingerprint density at radius 2 is 0.770 bits per heavy atom. The first kappa shape index (κ1) is 88.7. The maximum Gasteiger partial charge on any atom is 0.326 e. The monoisotopic (exact) mass is 1420 g/mol. The summed E-state index contributed by atoms with van der Waals surface area (Å²) in [7, 11) is 0. The molecule has 1 fully saturated rings. The van der Waals surface area contributed by atoms with Crippen molar-refractivity contribution in [3.8, 4) is 0 Å². The lowest BCUT2D eigenvalue weighted by Gasteiger charge is -2.34. The van der Waals surface area contributed by atoms with Gasteiger partial charge in [0.1, 0.15) is 66.5 Å². The van der Waals surface area contributed by atoms with Crippen molar-refractivity contribution < 1.29 is 62.6 Å². The number of hydrogen-bond donors (Lipinski definition) is 20.